The minimum atomic E-state index is -0.922. The van der Waals surface area contributed by atoms with Crippen LogP contribution in [0.5, 0.6) is 5.75 Å². The number of carboxylic acid groups (broad SMARTS) is 1. The van der Waals surface area contributed by atoms with Crippen LogP contribution >= 0.6 is 11.6 Å². The van der Waals surface area contributed by atoms with Gasteiger partial charge in [-0.25, -0.2) is 4.79 Å². The first-order chi connectivity index (χ1) is 10.7. The molecule has 0 saturated heterocycles. The maximum atomic E-state index is 11.1. The van der Waals surface area contributed by atoms with Crippen molar-refractivity contribution in [2.45, 2.75) is 12.8 Å². The molecule has 0 amide bonds. The van der Waals surface area contributed by atoms with Gasteiger partial charge < -0.3 is 15.2 Å². The molecule has 0 radical (unpaired) electrons. The Balaban J connectivity index is 1.67. The second-order valence-corrected chi connectivity index (χ2v) is 5.22. The minimum absolute atomic E-state index is 0.292. The largest absolute Gasteiger partial charge is 0.494 e. The number of carbonyl (C=O) groups is 1. The summed E-state index contributed by atoms with van der Waals surface area (Å²) in [5, 5.41) is 12.9. The zero-order valence-electron chi connectivity index (χ0n) is 12.1. The quantitative estimate of drug-likeness (QED) is 0.712. The predicted octanol–water partition coefficient (Wildman–Crippen LogP) is 4.31. The van der Waals surface area contributed by atoms with Gasteiger partial charge in [-0.2, -0.15) is 0 Å². The molecule has 2 rings (SSSR count). The van der Waals surface area contributed by atoms with Crippen molar-refractivity contribution in [3.63, 3.8) is 0 Å². The number of carboxylic acids is 1. The molecule has 0 heterocycles. The fourth-order valence-corrected chi connectivity index (χ4v) is 2.12. The summed E-state index contributed by atoms with van der Waals surface area (Å²) in [6.07, 6.45) is 1.77. The van der Waals surface area contributed by atoms with Crippen molar-refractivity contribution in [3.05, 3.63) is 59.1 Å². The van der Waals surface area contributed by atoms with Gasteiger partial charge in [0.05, 0.1) is 12.2 Å². The SMILES string of the molecule is O=C(O)c1ccccc1NCCCCOc1ccc(Cl)cc1. The van der Waals surface area contributed by atoms with Crippen molar-refractivity contribution in [1.82, 2.24) is 0 Å². The number of nitrogens with one attached hydrogen (secondary N) is 1. The molecule has 0 aromatic heterocycles. The summed E-state index contributed by atoms with van der Waals surface area (Å²) < 4.78 is 5.59. The van der Waals surface area contributed by atoms with E-state index in [0.29, 0.717) is 29.4 Å². The van der Waals surface area contributed by atoms with Crippen LogP contribution in [0.3, 0.4) is 0 Å². The van der Waals surface area contributed by atoms with Crippen LogP contribution in [0, 0.1) is 0 Å². The molecule has 5 heteroatoms. The summed E-state index contributed by atoms with van der Waals surface area (Å²) in [5.41, 5.74) is 0.938. The molecular weight excluding hydrogens is 302 g/mol. The maximum Gasteiger partial charge on any atom is 0.337 e. The lowest BCUT2D eigenvalue weighted by Crippen LogP contribution is -2.08. The van der Waals surface area contributed by atoms with Crippen molar-refractivity contribution in [2.24, 2.45) is 0 Å². The molecule has 22 heavy (non-hydrogen) atoms. The van der Waals surface area contributed by atoms with E-state index in [9.17, 15) is 4.79 Å². The Morgan fingerprint density at radius 1 is 1.09 bits per heavy atom. The van der Waals surface area contributed by atoms with Gasteiger partial charge in [0.25, 0.3) is 0 Å². The van der Waals surface area contributed by atoms with Gasteiger partial charge in [-0.05, 0) is 49.2 Å². The highest BCUT2D eigenvalue weighted by Gasteiger charge is 2.07. The van der Waals surface area contributed by atoms with Crippen molar-refractivity contribution in [2.75, 3.05) is 18.5 Å². The summed E-state index contributed by atoms with van der Waals surface area (Å²) in [4.78, 5) is 11.1. The Hall–Kier alpha value is -2.20. The molecule has 0 spiro atoms. The van der Waals surface area contributed by atoms with Crippen LogP contribution in [0.4, 0.5) is 5.69 Å². The molecule has 0 aliphatic carbocycles. The highest BCUT2D eigenvalue weighted by atomic mass is 35.5. The summed E-state index contributed by atoms with van der Waals surface area (Å²) in [6, 6.07) is 14.2. The highest BCUT2D eigenvalue weighted by molar-refractivity contribution is 6.30. The number of hydrogen-bond acceptors (Lipinski definition) is 3. The summed E-state index contributed by atoms with van der Waals surface area (Å²) in [5.74, 6) is -0.122. The van der Waals surface area contributed by atoms with Gasteiger partial charge in [0.15, 0.2) is 0 Å². The number of para-hydroxylation sites is 1. The topological polar surface area (TPSA) is 58.6 Å². The Kier molecular flexibility index (Phi) is 6.10. The third-order valence-corrected chi connectivity index (χ3v) is 3.38. The predicted molar refractivity (Wildman–Crippen MR) is 88.1 cm³/mol. The molecule has 116 valence electrons. The van der Waals surface area contributed by atoms with Crippen molar-refractivity contribution in [1.29, 1.82) is 0 Å². The highest BCUT2D eigenvalue weighted by Crippen LogP contribution is 2.16. The zero-order chi connectivity index (χ0) is 15.8. The van der Waals surface area contributed by atoms with E-state index in [4.69, 9.17) is 21.4 Å². The van der Waals surface area contributed by atoms with Crippen molar-refractivity contribution >= 4 is 23.3 Å². The molecule has 0 fully saturated rings. The van der Waals surface area contributed by atoms with E-state index in [0.717, 1.165) is 18.6 Å². The Morgan fingerprint density at radius 2 is 1.82 bits per heavy atom. The van der Waals surface area contributed by atoms with Gasteiger partial charge in [0, 0.05) is 17.3 Å². The van der Waals surface area contributed by atoms with Gasteiger partial charge in [-0.15, -0.1) is 0 Å². The third-order valence-electron chi connectivity index (χ3n) is 3.13. The van der Waals surface area contributed by atoms with Gasteiger partial charge >= 0.3 is 5.97 Å². The number of unbranched alkanes of at least 4 members (excludes halogenated alkanes) is 1. The van der Waals surface area contributed by atoms with E-state index >= 15 is 0 Å². The average molecular weight is 320 g/mol. The molecule has 2 N–H and O–H groups in total. The number of hydrogen-bond donors (Lipinski definition) is 2. The van der Waals surface area contributed by atoms with E-state index in [2.05, 4.69) is 5.32 Å². The van der Waals surface area contributed by atoms with Gasteiger partial charge in [0.2, 0.25) is 0 Å². The van der Waals surface area contributed by atoms with Gasteiger partial charge in [-0.1, -0.05) is 23.7 Å². The first-order valence-electron chi connectivity index (χ1n) is 7.11. The Bertz CT molecular complexity index is 614. The molecular formula is C17H18ClNO3. The lowest BCUT2D eigenvalue weighted by molar-refractivity contribution is 0.0698. The normalized spacial score (nSPS) is 10.2. The molecule has 0 unspecified atom stereocenters. The van der Waals surface area contributed by atoms with Gasteiger partial charge in [0.1, 0.15) is 5.75 Å². The number of aromatic carboxylic acids is 1. The third kappa shape index (κ3) is 4.97. The van der Waals surface area contributed by atoms with Crippen LogP contribution in [0.15, 0.2) is 48.5 Å². The summed E-state index contributed by atoms with van der Waals surface area (Å²) in [7, 11) is 0. The zero-order valence-corrected chi connectivity index (χ0v) is 12.8. The van der Waals surface area contributed by atoms with Crippen molar-refractivity contribution < 1.29 is 14.6 Å². The van der Waals surface area contributed by atoms with Gasteiger partial charge in [-0.3, -0.25) is 0 Å². The fourth-order valence-electron chi connectivity index (χ4n) is 1.99. The monoisotopic (exact) mass is 319 g/mol. The number of halogens is 1. The Labute approximate surface area is 134 Å². The minimum Gasteiger partial charge on any atom is -0.494 e. The van der Waals surface area contributed by atoms with E-state index < -0.39 is 5.97 Å². The smallest absolute Gasteiger partial charge is 0.337 e. The lowest BCUT2D eigenvalue weighted by atomic mass is 10.2. The second kappa shape index (κ2) is 8.29. The molecule has 0 aliphatic heterocycles. The van der Waals surface area contributed by atoms with Crippen molar-refractivity contribution in [3.8, 4) is 5.75 Å². The van der Waals surface area contributed by atoms with Crippen LogP contribution in [0.2, 0.25) is 5.02 Å². The maximum absolute atomic E-state index is 11.1. The van der Waals surface area contributed by atoms with E-state index in [1.165, 1.54) is 0 Å². The molecule has 0 bridgehead atoms. The van der Waals surface area contributed by atoms with Crippen LogP contribution in [0.25, 0.3) is 0 Å². The average Bonchev–Trinajstić information content (AvgIpc) is 2.52. The van der Waals surface area contributed by atoms with Crippen LogP contribution in [-0.4, -0.2) is 24.2 Å². The van der Waals surface area contributed by atoms with E-state index in [1.807, 2.05) is 18.2 Å². The number of benzene rings is 2. The first-order valence-corrected chi connectivity index (χ1v) is 7.49. The number of anilines is 1. The molecule has 0 aliphatic rings. The number of ether oxygens (including phenoxy) is 1. The number of rotatable bonds is 8. The molecule has 0 atom stereocenters. The molecule has 4 nitrogen and oxygen atoms in total. The summed E-state index contributed by atoms with van der Waals surface area (Å²) >= 11 is 5.80. The first kappa shape index (κ1) is 16.2. The molecule has 2 aromatic rings. The molecule has 0 saturated carbocycles. The second-order valence-electron chi connectivity index (χ2n) is 4.79. The summed E-state index contributed by atoms with van der Waals surface area (Å²) in [6.45, 7) is 1.32. The van der Waals surface area contributed by atoms with E-state index in [-0.39, 0.29) is 0 Å². The Morgan fingerprint density at radius 3 is 2.55 bits per heavy atom. The van der Waals surface area contributed by atoms with E-state index in [1.54, 1.807) is 30.3 Å². The van der Waals surface area contributed by atoms with Crippen LogP contribution in [-0.2, 0) is 0 Å². The molecule has 2 aromatic carbocycles. The fraction of sp³-hybridized carbons (Fsp3) is 0.235. The lowest BCUT2D eigenvalue weighted by Gasteiger charge is -2.10. The standard InChI is InChI=1S/C17H18ClNO3/c18-13-7-9-14(10-8-13)22-12-4-3-11-19-16-6-2-1-5-15(16)17(20)21/h1-2,5-10,19H,3-4,11-12H2,(H,20,21). The van der Waals surface area contributed by atoms with Crippen LogP contribution < -0.4 is 10.1 Å². The van der Waals surface area contributed by atoms with Crippen LogP contribution in [0.1, 0.15) is 23.2 Å².